The lowest BCUT2D eigenvalue weighted by molar-refractivity contribution is 0.439. The van der Waals surface area contributed by atoms with Crippen LogP contribution in [-0.2, 0) is 6.42 Å². The normalized spacial score (nSPS) is 18.0. The van der Waals surface area contributed by atoms with Crippen molar-refractivity contribution in [3.63, 3.8) is 0 Å². The summed E-state index contributed by atoms with van der Waals surface area (Å²) in [6.45, 7) is 5.62. The molecule has 6 heteroatoms. The first-order valence-electron chi connectivity index (χ1n) is 9.33. The molecule has 0 radical (unpaired) electrons. The van der Waals surface area contributed by atoms with Crippen LogP contribution >= 0.6 is 0 Å². The maximum absolute atomic E-state index is 5.39. The molecule has 1 N–H and O–H groups in total. The zero-order valence-electron chi connectivity index (χ0n) is 15.1. The fraction of sp³-hybridized carbons (Fsp3) is 0.400. The topological polar surface area (TPSA) is 58.6 Å². The molecule has 4 rings (SSSR count). The number of furan rings is 1. The molecule has 0 spiro atoms. The molecule has 136 valence electrons. The van der Waals surface area contributed by atoms with Crippen molar-refractivity contribution in [2.45, 2.75) is 25.8 Å². The Balaban J connectivity index is 1.44. The van der Waals surface area contributed by atoms with E-state index < -0.39 is 0 Å². The molecular weight excluding hydrogens is 326 g/mol. The molecule has 0 saturated carbocycles. The van der Waals surface area contributed by atoms with Gasteiger partial charge in [0.15, 0.2) is 5.96 Å². The maximum atomic E-state index is 5.39. The zero-order chi connectivity index (χ0) is 17.8. The van der Waals surface area contributed by atoms with E-state index in [2.05, 4.69) is 51.2 Å². The van der Waals surface area contributed by atoms with E-state index in [4.69, 9.17) is 9.41 Å². The van der Waals surface area contributed by atoms with Crippen LogP contribution in [0, 0.1) is 0 Å². The Morgan fingerprint density at radius 3 is 3.08 bits per heavy atom. The summed E-state index contributed by atoms with van der Waals surface area (Å²) in [4.78, 5) is 7.13. The quantitative estimate of drug-likeness (QED) is 0.567. The van der Waals surface area contributed by atoms with Gasteiger partial charge in [-0.2, -0.15) is 5.10 Å². The van der Waals surface area contributed by atoms with Crippen LogP contribution in [-0.4, -0.2) is 46.8 Å². The highest BCUT2D eigenvalue weighted by molar-refractivity contribution is 5.81. The van der Waals surface area contributed by atoms with Gasteiger partial charge < -0.3 is 14.6 Å². The molecule has 3 aromatic rings. The summed E-state index contributed by atoms with van der Waals surface area (Å²) < 4.78 is 7.56. The van der Waals surface area contributed by atoms with Gasteiger partial charge in [0, 0.05) is 38.0 Å². The van der Waals surface area contributed by atoms with Crippen molar-refractivity contribution < 1.29 is 4.42 Å². The van der Waals surface area contributed by atoms with Crippen molar-refractivity contribution in [2.24, 2.45) is 4.99 Å². The van der Waals surface area contributed by atoms with Crippen LogP contribution in [0.5, 0.6) is 0 Å². The highest BCUT2D eigenvalue weighted by Gasteiger charge is 2.27. The molecule has 1 unspecified atom stereocenters. The molecule has 3 heterocycles. The first-order chi connectivity index (χ1) is 12.8. The minimum Gasteiger partial charge on any atom is -0.469 e. The van der Waals surface area contributed by atoms with E-state index >= 15 is 0 Å². The van der Waals surface area contributed by atoms with E-state index in [1.165, 1.54) is 10.9 Å². The van der Waals surface area contributed by atoms with Crippen LogP contribution in [0.3, 0.4) is 0 Å². The number of fused-ring (bicyclic) bond motifs is 1. The zero-order valence-corrected chi connectivity index (χ0v) is 15.1. The number of hydrogen-bond acceptors (Lipinski definition) is 3. The van der Waals surface area contributed by atoms with Crippen molar-refractivity contribution in [1.29, 1.82) is 0 Å². The van der Waals surface area contributed by atoms with Gasteiger partial charge in [0.25, 0.3) is 0 Å². The Morgan fingerprint density at radius 1 is 1.31 bits per heavy atom. The average Bonchev–Trinajstić information content (AvgIpc) is 3.40. The number of likely N-dealkylation sites (tertiary alicyclic amines) is 1. The highest BCUT2D eigenvalue weighted by atomic mass is 16.3. The van der Waals surface area contributed by atoms with E-state index in [1.54, 1.807) is 6.26 Å². The lowest BCUT2D eigenvalue weighted by Gasteiger charge is -2.21. The fourth-order valence-corrected chi connectivity index (χ4v) is 3.57. The van der Waals surface area contributed by atoms with E-state index in [0.29, 0.717) is 6.04 Å². The number of aliphatic imine (C=N–C) groups is 1. The molecule has 1 aromatic carbocycles. The second kappa shape index (κ2) is 7.64. The van der Waals surface area contributed by atoms with Crippen LogP contribution in [0.4, 0.5) is 0 Å². The molecule has 0 bridgehead atoms. The van der Waals surface area contributed by atoms with Crippen molar-refractivity contribution in [3.8, 4) is 0 Å². The van der Waals surface area contributed by atoms with Crippen molar-refractivity contribution >= 4 is 16.9 Å². The number of guanidine groups is 1. The minimum atomic E-state index is 0.379. The van der Waals surface area contributed by atoms with E-state index in [9.17, 15) is 0 Å². The molecule has 0 aliphatic carbocycles. The van der Waals surface area contributed by atoms with E-state index in [1.807, 2.05) is 18.3 Å². The van der Waals surface area contributed by atoms with Crippen LogP contribution in [0.15, 0.2) is 58.3 Å². The summed E-state index contributed by atoms with van der Waals surface area (Å²) >= 11 is 0. The number of nitrogens with one attached hydrogen (secondary N) is 1. The average molecular weight is 351 g/mol. The van der Waals surface area contributed by atoms with Crippen LogP contribution < -0.4 is 5.32 Å². The summed E-state index contributed by atoms with van der Waals surface area (Å²) in [6.07, 6.45) is 5.57. The molecule has 1 aliphatic rings. The van der Waals surface area contributed by atoms with Crippen LogP contribution in [0.25, 0.3) is 10.9 Å². The summed E-state index contributed by atoms with van der Waals surface area (Å²) in [5.41, 5.74) is 1.21. The Kier molecular flexibility index (Phi) is 4.91. The second-order valence-corrected chi connectivity index (χ2v) is 6.60. The lowest BCUT2D eigenvalue weighted by atomic mass is 10.2. The molecule has 1 atom stereocenters. The first kappa shape index (κ1) is 16.7. The molecule has 1 fully saturated rings. The van der Waals surface area contributed by atoms with Gasteiger partial charge in [-0.15, -0.1) is 0 Å². The minimum absolute atomic E-state index is 0.379. The summed E-state index contributed by atoms with van der Waals surface area (Å²) in [5.74, 6) is 1.96. The molecular formula is C20H25N5O. The molecule has 6 nitrogen and oxygen atoms in total. The van der Waals surface area contributed by atoms with Gasteiger partial charge in [0.1, 0.15) is 5.76 Å². The molecule has 1 aliphatic heterocycles. The number of benzene rings is 1. The molecule has 26 heavy (non-hydrogen) atoms. The largest absolute Gasteiger partial charge is 0.469 e. The third kappa shape index (κ3) is 3.45. The second-order valence-electron chi connectivity index (χ2n) is 6.60. The lowest BCUT2D eigenvalue weighted by Crippen LogP contribution is -2.40. The molecule has 1 saturated heterocycles. The van der Waals surface area contributed by atoms with Gasteiger partial charge in [0.2, 0.25) is 0 Å². The number of para-hydroxylation sites is 1. The molecule has 0 amide bonds. The van der Waals surface area contributed by atoms with E-state index in [0.717, 1.165) is 50.7 Å². The molecule has 2 aromatic heterocycles. The summed E-state index contributed by atoms with van der Waals surface area (Å²) in [6, 6.07) is 12.7. The maximum Gasteiger partial charge on any atom is 0.193 e. The fourth-order valence-electron chi connectivity index (χ4n) is 3.57. The van der Waals surface area contributed by atoms with Gasteiger partial charge >= 0.3 is 0 Å². The smallest absolute Gasteiger partial charge is 0.193 e. The number of aromatic nitrogens is 2. The first-order valence-corrected chi connectivity index (χ1v) is 9.33. The predicted molar refractivity (Wildman–Crippen MR) is 103 cm³/mol. The summed E-state index contributed by atoms with van der Waals surface area (Å²) in [5, 5.41) is 9.25. The highest BCUT2D eigenvalue weighted by Crippen LogP contribution is 2.25. The number of rotatable bonds is 5. The van der Waals surface area contributed by atoms with Gasteiger partial charge in [0.05, 0.1) is 24.0 Å². The van der Waals surface area contributed by atoms with Gasteiger partial charge in [-0.25, -0.2) is 0 Å². The third-order valence-corrected chi connectivity index (χ3v) is 4.85. The van der Waals surface area contributed by atoms with Crippen LogP contribution in [0.2, 0.25) is 0 Å². The van der Waals surface area contributed by atoms with Gasteiger partial charge in [-0.05, 0) is 31.5 Å². The van der Waals surface area contributed by atoms with Gasteiger partial charge in [-0.1, -0.05) is 18.2 Å². The SMILES string of the molecule is CCNC(=NCCc1ccco1)N1CCC(n2ncc3ccccc32)C1. The Morgan fingerprint density at radius 2 is 2.23 bits per heavy atom. The Bertz CT molecular complexity index is 867. The third-order valence-electron chi connectivity index (χ3n) is 4.85. The predicted octanol–water partition coefficient (Wildman–Crippen LogP) is 3.08. The van der Waals surface area contributed by atoms with Crippen molar-refractivity contribution in [1.82, 2.24) is 20.0 Å². The Labute approximate surface area is 153 Å². The van der Waals surface area contributed by atoms with Crippen molar-refractivity contribution in [3.05, 3.63) is 54.6 Å². The van der Waals surface area contributed by atoms with E-state index in [-0.39, 0.29) is 0 Å². The van der Waals surface area contributed by atoms with Crippen molar-refractivity contribution in [2.75, 3.05) is 26.2 Å². The van der Waals surface area contributed by atoms with Gasteiger partial charge in [-0.3, -0.25) is 9.67 Å². The standard InChI is InChI=1S/C20H25N5O/c1-2-21-20(22-11-9-18-7-5-13-26-18)24-12-10-17(15-24)25-19-8-4-3-6-16(19)14-23-25/h3-8,13-14,17H,2,9-12,15H2,1H3,(H,21,22). The van der Waals surface area contributed by atoms with Crippen LogP contribution in [0.1, 0.15) is 25.1 Å². The summed E-state index contributed by atoms with van der Waals surface area (Å²) in [7, 11) is 0. The number of hydrogen-bond donors (Lipinski definition) is 1. The number of nitrogens with zero attached hydrogens (tertiary/aromatic N) is 4. The Hall–Kier alpha value is -2.76. The monoisotopic (exact) mass is 351 g/mol.